The average Bonchev–Trinajstić information content (AvgIpc) is 3.01. The highest BCUT2D eigenvalue weighted by Gasteiger charge is 2.12. The standard InChI is InChI=1S/C18H18N6OS/c1-13-4-3-5-15(10-13)17-22-23-18(24(17)2)26-12-16(25)21-20-11-14-6-8-19-9-7-14/h3-11H,12H2,1-2H3,(H,21,25)/b20-11+. The van der Waals surface area contributed by atoms with Crippen molar-refractivity contribution in [1.29, 1.82) is 0 Å². The van der Waals surface area contributed by atoms with Gasteiger partial charge >= 0.3 is 0 Å². The summed E-state index contributed by atoms with van der Waals surface area (Å²) >= 11 is 1.31. The molecule has 2 aromatic heterocycles. The van der Waals surface area contributed by atoms with Crippen LogP contribution < -0.4 is 5.43 Å². The number of aryl methyl sites for hydroxylation is 1. The van der Waals surface area contributed by atoms with Gasteiger partial charge < -0.3 is 4.57 Å². The lowest BCUT2D eigenvalue weighted by molar-refractivity contribution is -0.118. The summed E-state index contributed by atoms with van der Waals surface area (Å²) in [6, 6.07) is 11.7. The summed E-state index contributed by atoms with van der Waals surface area (Å²) < 4.78 is 1.88. The van der Waals surface area contributed by atoms with Crippen molar-refractivity contribution in [3.05, 3.63) is 59.9 Å². The maximum atomic E-state index is 11.9. The van der Waals surface area contributed by atoms with Gasteiger partial charge in [0.05, 0.1) is 12.0 Å². The van der Waals surface area contributed by atoms with Crippen molar-refractivity contribution in [1.82, 2.24) is 25.2 Å². The van der Waals surface area contributed by atoms with Crippen molar-refractivity contribution < 1.29 is 4.79 Å². The molecule has 1 N–H and O–H groups in total. The third-order valence-electron chi connectivity index (χ3n) is 3.55. The predicted molar refractivity (Wildman–Crippen MR) is 102 cm³/mol. The SMILES string of the molecule is Cc1cccc(-c2nnc(SCC(=O)N/N=C/c3ccncc3)n2C)c1. The van der Waals surface area contributed by atoms with E-state index in [2.05, 4.69) is 31.8 Å². The van der Waals surface area contributed by atoms with Gasteiger partial charge in [-0.15, -0.1) is 10.2 Å². The van der Waals surface area contributed by atoms with Gasteiger partial charge in [0.15, 0.2) is 11.0 Å². The summed E-state index contributed by atoms with van der Waals surface area (Å²) in [6.07, 6.45) is 4.90. The minimum absolute atomic E-state index is 0.202. The van der Waals surface area contributed by atoms with E-state index in [9.17, 15) is 4.79 Å². The van der Waals surface area contributed by atoms with Crippen LogP contribution >= 0.6 is 11.8 Å². The molecule has 1 amide bonds. The molecule has 2 heterocycles. The number of nitrogens with one attached hydrogen (secondary N) is 1. The van der Waals surface area contributed by atoms with Crippen LogP contribution in [0.15, 0.2) is 59.0 Å². The second kappa shape index (κ2) is 8.39. The number of amides is 1. The first-order valence-electron chi connectivity index (χ1n) is 7.94. The third kappa shape index (κ3) is 4.54. The lowest BCUT2D eigenvalue weighted by Gasteiger charge is -2.04. The Morgan fingerprint density at radius 1 is 1.27 bits per heavy atom. The van der Waals surface area contributed by atoms with Gasteiger partial charge in [-0.25, -0.2) is 5.43 Å². The number of thioether (sulfide) groups is 1. The number of carbonyl (C=O) groups is 1. The van der Waals surface area contributed by atoms with Crippen molar-refractivity contribution in [3.63, 3.8) is 0 Å². The van der Waals surface area contributed by atoms with Gasteiger partial charge in [0.2, 0.25) is 0 Å². The first-order valence-corrected chi connectivity index (χ1v) is 8.93. The number of hydrazone groups is 1. The summed E-state index contributed by atoms with van der Waals surface area (Å²) in [7, 11) is 1.89. The fourth-order valence-electron chi connectivity index (χ4n) is 2.27. The van der Waals surface area contributed by atoms with Gasteiger partial charge in [-0.3, -0.25) is 9.78 Å². The number of aromatic nitrogens is 4. The second-order valence-electron chi connectivity index (χ2n) is 5.60. The minimum atomic E-state index is -0.208. The highest BCUT2D eigenvalue weighted by Crippen LogP contribution is 2.23. The summed E-state index contributed by atoms with van der Waals surface area (Å²) in [5, 5.41) is 13.0. The van der Waals surface area contributed by atoms with E-state index in [1.807, 2.05) is 36.7 Å². The Morgan fingerprint density at radius 3 is 2.85 bits per heavy atom. The van der Waals surface area contributed by atoms with Crippen molar-refractivity contribution in [2.24, 2.45) is 12.1 Å². The minimum Gasteiger partial charge on any atom is -0.305 e. The number of rotatable bonds is 6. The zero-order valence-corrected chi connectivity index (χ0v) is 15.3. The zero-order chi connectivity index (χ0) is 18.4. The summed E-state index contributed by atoms with van der Waals surface area (Å²) in [6.45, 7) is 2.03. The van der Waals surface area contributed by atoms with E-state index in [0.29, 0.717) is 5.16 Å². The quantitative estimate of drug-likeness (QED) is 0.411. The van der Waals surface area contributed by atoms with Crippen molar-refractivity contribution in [3.8, 4) is 11.4 Å². The van der Waals surface area contributed by atoms with E-state index in [1.165, 1.54) is 11.8 Å². The van der Waals surface area contributed by atoms with E-state index in [1.54, 1.807) is 30.7 Å². The molecule has 0 bridgehead atoms. The van der Waals surface area contributed by atoms with Crippen LogP contribution in [0, 0.1) is 6.92 Å². The molecule has 3 aromatic rings. The second-order valence-corrected chi connectivity index (χ2v) is 6.54. The largest absolute Gasteiger partial charge is 0.305 e. The fourth-order valence-corrected chi connectivity index (χ4v) is 2.97. The van der Waals surface area contributed by atoms with Gasteiger partial charge in [-0.2, -0.15) is 5.10 Å². The molecule has 132 valence electrons. The van der Waals surface area contributed by atoms with Crippen LogP contribution in [-0.4, -0.2) is 37.6 Å². The number of pyridine rings is 1. The van der Waals surface area contributed by atoms with Gasteiger partial charge in [0.25, 0.3) is 5.91 Å². The van der Waals surface area contributed by atoms with Crippen LogP contribution in [0.3, 0.4) is 0 Å². The van der Waals surface area contributed by atoms with E-state index < -0.39 is 0 Å². The molecule has 8 heteroatoms. The zero-order valence-electron chi connectivity index (χ0n) is 14.5. The maximum Gasteiger partial charge on any atom is 0.250 e. The molecule has 0 aliphatic carbocycles. The van der Waals surface area contributed by atoms with Gasteiger partial charge in [-0.05, 0) is 30.7 Å². The van der Waals surface area contributed by atoms with Crippen molar-refractivity contribution >= 4 is 23.9 Å². The summed E-state index contributed by atoms with van der Waals surface area (Å²) in [5.41, 5.74) is 5.52. The number of hydrogen-bond acceptors (Lipinski definition) is 6. The van der Waals surface area contributed by atoms with Crippen LogP contribution in [0.4, 0.5) is 0 Å². The fraction of sp³-hybridized carbons (Fsp3) is 0.167. The van der Waals surface area contributed by atoms with Crippen LogP contribution in [0.2, 0.25) is 0 Å². The number of benzene rings is 1. The molecule has 0 aliphatic rings. The predicted octanol–water partition coefficient (Wildman–Crippen LogP) is 2.43. The lowest BCUT2D eigenvalue weighted by Crippen LogP contribution is -2.19. The van der Waals surface area contributed by atoms with Crippen molar-refractivity contribution in [2.45, 2.75) is 12.1 Å². The molecule has 0 unspecified atom stereocenters. The highest BCUT2D eigenvalue weighted by atomic mass is 32.2. The Kier molecular flexibility index (Phi) is 5.75. The first-order chi connectivity index (χ1) is 12.6. The first kappa shape index (κ1) is 17.8. The average molecular weight is 366 g/mol. The Hall–Kier alpha value is -3.00. The Morgan fingerprint density at radius 2 is 2.08 bits per heavy atom. The molecule has 3 rings (SSSR count). The van der Waals surface area contributed by atoms with Crippen LogP contribution in [0.5, 0.6) is 0 Å². The molecule has 26 heavy (non-hydrogen) atoms. The normalized spacial score (nSPS) is 11.0. The molecular formula is C18H18N6OS. The van der Waals surface area contributed by atoms with Crippen LogP contribution in [0.1, 0.15) is 11.1 Å². The van der Waals surface area contributed by atoms with Crippen molar-refractivity contribution in [2.75, 3.05) is 5.75 Å². The highest BCUT2D eigenvalue weighted by molar-refractivity contribution is 7.99. The topological polar surface area (TPSA) is 85.1 Å². The number of carbonyl (C=O) groups excluding carboxylic acids is 1. The van der Waals surface area contributed by atoms with E-state index >= 15 is 0 Å². The van der Waals surface area contributed by atoms with Gasteiger partial charge in [-0.1, -0.05) is 35.5 Å². The molecule has 0 saturated heterocycles. The number of nitrogens with zero attached hydrogens (tertiary/aromatic N) is 5. The van der Waals surface area contributed by atoms with Crippen LogP contribution in [0.25, 0.3) is 11.4 Å². The molecular weight excluding hydrogens is 348 g/mol. The Labute approximate surface area is 155 Å². The van der Waals surface area contributed by atoms with Gasteiger partial charge in [0, 0.05) is 25.0 Å². The Bertz CT molecular complexity index is 922. The summed E-state index contributed by atoms with van der Waals surface area (Å²) in [5.74, 6) is 0.765. The summed E-state index contributed by atoms with van der Waals surface area (Å²) in [4.78, 5) is 15.8. The molecule has 0 radical (unpaired) electrons. The third-order valence-corrected chi connectivity index (χ3v) is 4.57. The molecule has 7 nitrogen and oxygen atoms in total. The lowest BCUT2D eigenvalue weighted by atomic mass is 10.1. The molecule has 0 atom stereocenters. The number of hydrogen-bond donors (Lipinski definition) is 1. The van der Waals surface area contributed by atoms with Gasteiger partial charge in [0.1, 0.15) is 0 Å². The van der Waals surface area contributed by atoms with E-state index in [4.69, 9.17) is 0 Å². The monoisotopic (exact) mass is 366 g/mol. The van der Waals surface area contributed by atoms with Crippen LogP contribution in [-0.2, 0) is 11.8 Å². The van der Waals surface area contributed by atoms with E-state index in [0.717, 1.165) is 22.5 Å². The Balaban J connectivity index is 1.56. The van der Waals surface area contributed by atoms with E-state index in [-0.39, 0.29) is 11.7 Å². The molecule has 1 aromatic carbocycles. The molecule has 0 fully saturated rings. The molecule has 0 saturated carbocycles. The molecule has 0 aliphatic heterocycles. The smallest absolute Gasteiger partial charge is 0.250 e. The maximum absolute atomic E-state index is 11.9. The molecule has 0 spiro atoms.